The van der Waals surface area contributed by atoms with Gasteiger partial charge in [0.05, 0.1) is 15.5 Å². The van der Waals surface area contributed by atoms with Crippen LogP contribution in [0.25, 0.3) is 0 Å². The van der Waals surface area contributed by atoms with Gasteiger partial charge in [0, 0.05) is 25.2 Å². The van der Waals surface area contributed by atoms with Gasteiger partial charge in [0.25, 0.3) is 11.8 Å². The van der Waals surface area contributed by atoms with Crippen LogP contribution in [0.2, 0.25) is 0 Å². The number of phenolic OH excluding ortho intramolecular Hbond substituents is 1. The van der Waals surface area contributed by atoms with Gasteiger partial charge in [-0.25, -0.2) is 8.42 Å². The number of carbonyl (C=O) groups is 2. The van der Waals surface area contributed by atoms with Gasteiger partial charge in [-0.05, 0) is 60.2 Å². The molecule has 33 heavy (non-hydrogen) atoms. The Balaban J connectivity index is 1.42. The van der Waals surface area contributed by atoms with Crippen LogP contribution >= 0.6 is 11.3 Å². The van der Waals surface area contributed by atoms with Crippen molar-refractivity contribution >= 4 is 38.9 Å². The van der Waals surface area contributed by atoms with Gasteiger partial charge >= 0.3 is 0 Å². The third-order valence-electron chi connectivity index (χ3n) is 5.33. The molecule has 4 rings (SSSR count). The molecule has 2 aromatic carbocycles. The number of carbonyl (C=O) groups excluding carboxylic acids is 2. The van der Waals surface area contributed by atoms with E-state index in [0.717, 1.165) is 18.4 Å². The van der Waals surface area contributed by atoms with Crippen LogP contribution in [0.15, 0.2) is 64.9 Å². The number of aromatic hydroxyl groups is 1. The van der Waals surface area contributed by atoms with Crippen LogP contribution in [-0.4, -0.2) is 42.7 Å². The van der Waals surface area contributed by atoms with Crippen molar-refractivity contribution in [1.29, 1.82) is 0 Å². The minimum atomic E-state index is -3.68. The lowest BCUT2D eigenvalue weighted by Gasteiger charge is -2.16. The normalized spacial score (nSPS) is 14.2. The monoisotopic (exact) mass is 485 g/mol. The highest BCUT2D eigenvalue weighted by Crippen LogP contribution is 2.29. The Morgan fingerprint density at radius 3 is 2.39 bits per heavy atom. The molecule has 2 heterocycles. The smallest absolute Gasteiger partial charge is 0.261 e. The van der Waals surface area contributed by atoms with Crippen molar-refractivity contribution in [2.75, 3.05) is 18.4 Å². The van der Waals surface area contributed by atoms with E-state index in [1.165, 1.54) is 33.8 Å². The molecule has 1 saturated heterocycles. The van der Waals surface area contributed by atoms with Crippen LogP contribution in [0.1, 0.15) is 38.4 Å². The number of nitrogens with one attached hydrogen (secondary N) is 2. The number of nitrogens with zero attached hydrogens (tertiary/aromatic N) is 1. The maximum Gasteiger partial charge on any atom is 0.261 e. The summed E-state index contributed by atoms with van der Waals surface area (Å²) < 4.78 is 27.0. The quantitative estimate of drug-likeness (QED) is 0.444. The zero-order chi connectivity index (χ0) is 23.4. The fourth-order valence-corrected chi connectivity index (χ4v) is 5.68. The van der Waals surface area contributed by atoms with Crippen molar-refractivity contribution in [2.45, 2.75) is 24.3 Å². The molecule has 8 nitrogen and oxygen atoms in total. The van der Waals surface area contributed by atoms with Crippen molar-refractivity contribution in [3.05, 3.63) is 76.0 Å². The van der Waals surface area contributed by atoms with Gasteiger partial charge in [-0.3, -0.25) is 9.59 Å². The Morgan fingerprint density at radius 1 is 1.00 bits per heavy atom. The van der Waals surface area contributed by atoms with Gasteiger partial charge in [-0.1, -0.05) is 18.2 Å². The molecule has 0 radical (unpaired) electrons. The maximum absolute atomic E-state index is 12.8. The van der Waals surface area contributed by atoms with Crippen molar-refractivity contribution < 1.29 is 23.1 Å². The molecule has 0 bridgehead atoms. The average molecular weight is 486 g/mol. The first-order valence-electron chi connectivity index (χ1n) is 10.4. The second kappa shape index (κ2) is 9.74. The lowest BCUT2D eigenvalue weighted by molar-refractivity contribution is 0.0953. The summed E-state index contributed by atoms with van der Waals surface area (Å²) in [7, 11) is -3.68. The summed E-state index contributed by atoms with van der Waals surface area (Å²) in [4.78, 5) is 25.4. The summed E-state index contributed by atoms with van der Waals surface area (Å²) in [6, 6.07) is 14.1. The summed E-state index contributed by atoms with van der Waals surface area (Å²) in [6.07, 6.45) is 1.63. The number of hydrogen-bond acceptors (Lipinski definition) is 6. The second-order valence-electron chi connectivity index (χ2n) is 7.60. The van der Waals surface area contributed by atoms with Crippen LogP contribution in [0.4, 0.5) is 5.69 Å². The molecule has 10 heteroatoms. The third kappa shape index (κ3) is 5.24. The van der Waals surface area contributed by atoms with E-state index in [2.05, 4.69) is 10.6 Å². The lowest BCUT2D eigenvalue weighted by atomic mass is 10.1. The van der Waals surface area contributed by atoms with E-state index in [0.29, 0.717) is 30.1 Å². The first kappa shape index (κ1) is 23.0. The predicted molar refractivity (Wildman–Crippen MR) is 126 cm³/mol. The Hall–Kier alpha value is -3.21. The molecule has 1 fully saturated rings. The standard InChI is InChI=1S/C23H23N3O5S2/c27-20-10-9-18(33(30,31)26-11-1-2-12-26)14-19(20)25-22(28)17-7-5-16(6-8-17)15-24-23(29)21-4-3-13-32-21/h3-10,13-14,27H,1-2,11-12,15H2,(H,24,29)(H,25,28). The number of hydrogen-bond donors (Lipinski definition) is 3. The fourth-order valence-electron chi connectivity index (χ4n) is 3.50. The molecule has 172 valence electrons. The van der Waals surface area contributed by atoms with E-state index in [-0.39, 0.29) is 22.2 Å². The van der Waals surface area contributed by atoms with Gasteiger partial charge in [-0.15, -0.1) is 11.3 Å². The molecule has 3 aromatic rings. The van der Waals surface area contributed by atoms with E-state index in [4.69, 9.17) is 0 Å². The molecule has 0 unspecified atom stereocenters. The molecule has 0 aliphatic carbocycles. The average Bonchev–Trinajstić information content (AvgIpc) is 3.54. The van der Waals surface area contributed by atoms with E-state index in [1.54, 1.807) is 30.3 Å². The molecule has 1 aliphatic heterocycles. The SMILES string of the molecule is O=C(Nc1cc(S(=O)(=O)N2CCCC2)ccc1O)c1ccc(CNC(=O)c2cccs2)cc1. The van der Waals surface area contributed by atoms with E-state index in [1.807, 2.05) is 11.4 Å². The number of thiophene rings is 1. The minimum Gasteiger partial charge on any atom is -0.506 e. The molecular weight excluding hydrogens is 462 g/mol. The lowest BCUT2D eigenvalue weighted by Crippen LogP contribution is -2.28. The molecule has 1 aromatic heterocycles. The number of benzene rings is 2. The predicted octanol–water partition coefficient (Wildman–Crippen LogP) is 3.42. The van der Waals surface area contributed by atoms with E-state index < -0.39 is 15.9 Å². The highest BCUT2D eigenvalue weighted by atomic mass is 32.2. The largest absolute Gasteiger partial charge is 0.506 e. The van der Waals surface area contributed by atoms with Crippen LogP contribution < -0.4 is 10.6 Å². The Kier molecular flexibility index (Phi) is 6.77. The molecule has 2 amide bonds. The van der Waals surface area contributed by atoms with Gasteiger partial charge in [0.15, 0.2) is 0 Å². The number of amides is 2. The second-order valence-corrected chi connectivity index (χ2v) is 10.5. The third-order valence-corrected chi connectivity index (χ3v) is 8.10. The van der Waals surface area contributed by atoms with Crippen LogP contribution in [0, 0.1) is 0 Å². The summed E-state index contributed by atoms with van der Waals surface area (Å²) in [5.74, 6) is -0.877. The van der Waals surface area contributed by atoms with Gasteiger partial charge in [0.2, 0.25) is 10.0 Å². The Morgan fingerprint density at radius 2 is 1.73 bits per heavy atom. The first-order valence-corrected chi connectivity index (χ1v) is 12.7. The topological polar surface area (TPSA) is 116 Å². The molecule has 3 N–H and O–H groups in total. The summed E-state index contributed by atoms with van der Waals surface area (Å²) in [6.45, 7) is 1.24. The molecular formula is C23H23N3O5S2. The van der Waals surface area contributed by atoms with Crippen LogP contribution in [0.5, 0.6) is 5.75 Å². The zero-order valence-electron chi connectivity index (χ0n) is 17.7. The highest BCUT2D eigenvalue weighted by Gasteiger charge is 2.28. The first-order chi connectivity index (χ1) is 15.8. The molecule has 1 aliphatic rings. The van der Waals surface area contributed by atoms with Crippen molar-refractivity contribution in [1.82, 2.24) is 9.62 Å². The summed E-state index contributed by atoms with van der Waals surface area (Å²) in [5, 5.41) is 17.4. The fraction of sp³-hybridized carbons (Fsp3) is 0.217. The number of rotatable bonds is 7. The van der Waals surface area contributed by atoms with Gasteiger partial charge in [0.1, 0.15) is 5.75 Å². The number of phenols is 1. The molecule has 0 spiro atoms. The number of sulfonamides is 1. The molecule has 0 atom stereocenters. The van der Waals surface area contributed by atoms with E-state index >= 15 is 0 Å². The maximum atomic E-state index is 12.8. The summed E-state index contributed by atoms with van der Waals surface area (Å²) >= 11 is 1.36. The van der Waals surface area contributed by atoms with Crippen molar-refractivity contribution in [3.63, 3.8) is 0 Å². The number of anilines is 1. The summed E-state index contributed by atoms with van der Waals surface area (Å²) in [5.41, 5.74) is 1.17. The molecule has 0 saturated carbocycles. The zero-order valence-corrected chi connectivity index (χ0v) is 19.3. The van der Waals surface area contributed by atoms with Crippen molar-refractivity contribution in [2.24, 2.45) is 0 Å². The highest BCUT2D eigenvalue weighted by molar-refractivity contribution is 7.89. The minimum absolute atomic E-state index is 0.0209. The van der Waals surface area contributed by atoms with Crippen LogP contribution in [-0.2, 0) is 16.6 Å². The van der Waals surface area contributed by atoms with Gasteiger partial charge in [-0.2, -0.15) is 4.31 Å². The van der Waals surface area contributed by atoms with Gasteiger partial charge < -0.3 is 15.7 Å². The Bertz CT molecular complexity index is 1250. The van der Waals surface area contributed by atoms with Crippen LogP contribution in [0.3, 0.4) is 0 Å². The Labute approximate surface area is 195 Å². The van der Waals surface area contributed by atoms with Crippen molar-refractivity contribution in [3.8, 4) is 5.75 Å². The van der Waals surface area contributed by atoms with E-state index in [9.17, 15) is 23.1 Å².